The Bertz CT molecular complexity index is 732. The second-order valence-corrected chi connectivity index (χ2v) is 5.29. The zero-order valence-corrected chi connectivity index (χ0v) is 12.8. The van der Waals surface area contributed by atoms with Crippen LogP contribution in [0.5, 0.6) is 0 Å². The number of carbonyl (C=O) groups excluding carboxylic acids is 1. The standard InChI is InChI=1S/C16H17N5O2/c1-2-21-7-6-18-15(21)14-12(5-8-23-14)16(22)20-13-4-3-11(9-17)10-19-13/h3-4,6-7,10,12,14H,2,5,8H2,1H3,(H,19,20,22)/t12-,14-/m1/s1. The summed E-state index contributed by atoms with van der Waals surface area (Å²) in [6.45, 7) is 3.33. The molecule has 0 unspecified atom stereocenters. The van der Waals surface area contributed by atoms with Crippen LogP contribution < -0.4 is 5.32 Å². The zero-order chi connectivity index (χ0) is 16.2. The number of aromatic nitrogens is 3. The summed E-state index contributed by atoms with van der Waals surface area (Å²) in [7, 11) is 0. The van der Waals surface area contributed by atoms with E-state index in [2.05, 4.69) is 15.3 Å². The van der Waals surface area contributed by atoms with Crippen molar-refractivity contribution in [3.8, 4) is 6.07 Å². The van der Waals surface area contributed by atoms with Gasteiger partial charge in [0.15, 0.2) is 0 Å². The summed E-state index contributed by atoms with van der Waals surface area (Å²) in [6, 6.07) is 5.23. The minimum atomic E-state index is -0.344. The second-order valence-electron chi connectivity index (χ2n) is 5.29. The van der Waals surface area contributed by atoms with Crippen LogP contribution in [0.3, 0.4) is 0 Å². The van der Waals surface area contributed by atoms with E-state index in [1.165, 1.54) is 6.20 Å². The Kier molecular flexibility index (Phi) is 4.35. The Morgan fingerprint density at radius 3 is 3.09 bits per heavy atom. The Balaban J connectivity index is 1.74. The molecule has 0 saturated carbocycles. The van der Waals surface area contributed by atoms with Crippen molar-refractivity contribution in [3.05, 3.63) is 42.1 Å². The molecule has 7 nitrogen and oxygen atoms in total. The van der Waals surface area contributed by atoms with Crippen molar-refractivity contribution in [3.63, 3.8) is 0 Å². The van der Waals surface area contributed by atoms with E-state index in [9.17, 15) is 4.79 Å². The molecule has 1 aliphatic rings. The van der Waals surface area contributed by atoms with Crippen LogP contribution >= 0.6 is 0 Å². The number of nitriles is 1. The third-order valence-electron chi connectivity index (χ3n) is 3.92. The molecule has 23 heavy (non-hydrogen) atoms. The SMILES string of the molecule is CCn1ccnc1[C@@H]1OCC[C@H]1C(=O)Nc1ccc(C#N)cn1. The van der Waals surface area contributed by atoms with Gasteiger partial charge in [-0.1, -0.05) is 0 Å². The molecule has 0 spiro atoms. The van der Waals surface area contributed by atoms with Crippen molar-refractivity contribution in [1.82, 2.24) is 14.5 Å². The molecule has 1 aliphatic heterocycles. The summed E-state index contributed by atoms with van der Waals surface area (Å²) < 4.78 is 7.72. The molecule has 1 fully saturated rings. The maximum absolute atomic E-state index is 12.5. The van der Waals surface area contributed by atoms with Gasteiger partial charge >= 0.3 is 0 Å². The second kappa shape index (κ2) is 6.58. The normalized spacial score (nSPS) is 20.2. The first kappa shape index (κ1) is 15.2. The van der Waals surface area contributed by atoms with E-state index in [1.807, 2.05) is 23.8 Å². The number of hydrogen-bond donors (Lipinski definition) is 1. The fraction of sp³-hybridized carbons (Fsp3) is 0.375. The molecule has 0 aromatic carbocycles. The Hall–Kier alpha value is -2.72. The van der Waals surface area contributed by atoms with Crippen molar-refractivity contribution < 1.29 is 9.53 Å². The number of rotatable bonds is 4. The highest BCUT2D eigenvalue weighted by Crippen LogP contribution is 2.34. The molecule has 2 aromatic rings. The summed E-state index contributed by atoms with van der Waals surface area (Å²) in [4.78, 5) is 20.9. The monoisotopic (exact) mass is 311 g/mol. The molecule has 118 valence electrons. The number of ether oxygens (including phenoxy) is 1. The van der Waals surface area contributed by atoms with Crippen molar-refractivity contribution >= 4 is 11.7 Å². The predicted octanol–water partition coefficient (Wildman–Crippen LogP) is 1.89. The average Bonchev–Trinajstić information content (AvgIpc) is 3.23. The highest BCUT2D eigenvalue weighted by Gasteiger charge is 2.37. The Morgan fingerprint density at radius 1 is 1.52 bits per heavy atom. The van der Waals surface area contributed by atoms with Gasteiger partial charge in [0.1, 0.15) is 23.8 Å². The van der Waals surface area contributed by atoms with Crippen LogP contribution in [0.1, 0.15) is 30.8 Å². The Morgan fingerprint density at radius 2 is 2.39 bits per heavy atom. The van der Waals surface area contributed by atoms with Gasteiger partial charge in [0.05, 0.1) is 11.5 Å². The maximum atomic E-state index is 12.5. The van der Waals surface area contributed by atoms with Crippen LogP contribution in [-0.4, -0.2) is 27.0 Å². The molecule has 0 bridgehead atoms. The van der Waals surface area contributed by atoms with Gasteiger partial charge in [-0.25, -0.2) is 9.97 Å². The van der Waals surface area contributed by atoms with E-state index in [0.29, 0.717) is 24.4 Å². The molecule has 3 rings (SSSR count). The van der Waals surface area contributed by atoms with Crippen molar-refractivity contribution in [2.75, 3.05) is 11.9 Å². The first-order valence-corrected chi connectivity index (χ1v) is 7.52. The molecule has 2 atom stereocenters. The number of amides is 1. The van der Waals surface area contributed by atoms with Crippen LogP contribution in [0.25, 0.3) is 0 Å². The highest BCUT2D eigenvalue weighted by atomic mass is 16.5. The van der Waals surface area contributed by atoms with E-state index < -0.39 is 0 Å². The molecule has 2 aromatic heterocycles. The molecule has 1 N–H and O–H groups in total. The highest BCUT2D eigenvalue weighted by molar-refractivity contribution is 5.92. The smallest absolute Gasteiger partial charge is 0.231 e. The van der Waals surface area contributed by atoms with E-state index in [4.69, 9.17) is 10.00 Å². The summed E-state index contributed by atoms with van der Waals surface area (Å²) in [5.74, 6) is 0.756. The number of anilines is 1. The van der Waals surface area contributed by atoms with Gasteiger partial charge in [-0.3, -0.25) is 4.79 Å². The lowest BCUT2D eigenvalue weighted by atomic mass is 10.00. The number of pyridine rings is 1. The van der Waals surface area contributed by atoms with E-state index in [1.54, 1.807) is 18.3 Å². The lowest BCUT2D eigenvalue weighted by Gasteiger charge is -2.18. The summed E-state index contributed by atoms with van der Waals surface area (Å²) >= 11 is 0. The first-order chi connectivity index (χ1) is 11.2. The number of imidazole rings is 1. The third-order valence-corrected chi connectivity index (χ3v) is 3.92. The molecular formula is C16H17N5O2. The number of carbonyl (C=O) groups is 1. The predicted molar refractivity (Wildman–Crippen MR) is 82.3 cm³/mol. The van der Waals surface area contributed by atoms with Crippen LogP contribution in [0.4, 0.5) is 5.82 Å². The van der Waals surface area contributed by atoms with Gasteiger partial charge in [-0.05, 0) is 25.5 Å². The lowest BCUT2D eigenvalue weighted by molar-refractivity contribution is -0.121. The van der Waals surface area contributed by atoms with Gasteiger partial charge in [0.25, 0.3) is 0 Å². The molecule has 1 saturated heterocycles. The van der Waals surface area contributed by atoms with Gasteiger partial charge < -0.3 is 14.6 Å². The van der Waals surface area contributed by atoms with Crippen LogP contribution in [0.2, 0.25) is 0 Å². The van der Waals surface area contributed by atoms with E-state index in [0.717, 1.165) is 12.4 Å². The minimum absolute atomic E-state index is 0.143. The van der Waals surface area contributed by atoms with E-state index >= 15 is 0 Å². The summed E-state index contributed by atoms with van der Waals surface area (Å²) in [5.41, 5.74) is 0.454. The van der Waals surface area contributed by atoms with Gasteiger partial charge in [0.2, 0.25) is 5.91 Å². The number of aryl methyl sites for hydroxylation is 1. The number of nitrogens with zero attached hydrogens (tertiary/aromatic N) is 4. The van der Waals surface area contributed by atoms with Crippen LogP contribution in [0.15, 0.2) is 30.7 Å². The largest absolute Gasteiger partial charge is 0.369 e. The average molecular weight is 311 g/mol. The van der Waals surface area contributed by atoms with Crippen LogP contribution in [0, 0.1) is 17.2 Å². The number of hydrogen-bond acceptors (Lipinski definition) is 5. The van der Waals surface area contributed by atoms with Crippen molar-refractivity contribution in [2.24, 2.45) is 5.92 Å². The zero-order valence-electron chi connectivity index (χ0n) is 12.8. The Labute approximate surface area is 133 Å². The van der Waals surface area contributed by atoms with Crippen molar-refractivity contribution in [2.45, 2.75) is 26.0 Å². The number of nitrogens with one attached hydrogen (secondary N) is 1. The third kappa shape index (κ3) is 3.07. The molecule has 1 amide bonds. The molecule has 7 heteroatoms. The first-order valence-electron chi connectivity index (χ1n) is 7.52. The molecule has 0 aliphatic carbocycles. The fourth-order valence-electron chi connectivity index (χ4n) is 2.71. The quantitative estimate of drug-likeness (QED) is 0.930. The summed E-state index contributed by atoms with van der Waals surface area (Å²) in [6.07, 6.45) is 5.33. The molecule has 3 heterocycles. The van der Waals surface area contributed by atoms with E-state index in [-0.39, 0.29) is 17.9 Å². The molecule has 0 radical (unpaired) electrons. The molecular weight excluding hydrogens is 294 g/mol. The van der Waals surface area contributed by atoms with Crippen molar-refractivity contribution in [1.29, 1.82) is 5.26 Å². The van der Waals surface area contributed by atoms with Crippen LogP contribution in [-0.2, 0) is 16.1 Å². The van der Waals surface area contributed by atoms with Gasteiger partial charge in [0, 0.05) is 31.7 Å². The fourth-order valence-corrected chi connectivity index (χ4v) is 2.71. The maximum Gasteiger partial charge on any atom is 0.231 e. The van der Waals surface area contributed by atoms with Gasteiger partial charge in [-0.15, -0.1) is 0 Å². The van der Waals surface area contributed by atoms with Gasteiger partial charge in [-0.2, -0.15) is 5.26 Å². The minimum Gasteiger partial charge on any atom is -0.369 e. The summed E-state index contributed by atoms with van der Waals surface area (Å²) in [5, 5.41) is 11.6. The lowest BCUT2D eigenvalue weighted by Crippen LogP contribution is -2.27. The topological polar surface area (TPSA) is 92.8 Å².